The molecule has 14 heterocycles. The second kappa shape index (κ2) is 42.5. The molecule has 4 atom stereocenters. The minimum Gasteiger partial charge on any atom is -0.358 e. The van der Waals surface area contributed by atoms with E-state index in [1.54, 1.807) is 78.6 Å². The third kappa shape index (κ3) is 25.8. The standard InChI is InChI=1S/C21H17ClF4N8O2.C21H18ClF3N8O2.C18H17ClF4N6O.C18H18ClF3N6O.9H2/c22-11-5-12-13(7-29-17(12)28-6-11)18-30-8-14(23)19(32-18)34-4-3-33(16(35)1-2-27)9-15(34)20(36)31-10-21(24,25)26;22-12-7-13-14(9-29-18(13)28-8-12)19-27-4-2-16(31-19)33-6-5-32(17(34)1-3-26)10-15(33)20(35)30-11-21(23,24)25;1-2-3-13(17(30)27-8-18(21,22)23)28-16-12(20)7-26-15(29-16)11-6-25-14-10(11)4-9(19)5-24-14;1-2-3-13(17(29)26-9-18(20,21)22)27-14-4-5-23-16(28-14)12-8-25-15-11(12)6-10(19)7-24-15;;;;;;;;;/h5-8,15H,1,3-4,9-10H2,(H,28,29)(H,31,36);2,4,7-9,15H,1,5-6,10-11H2,(H,28,29)(H,30,35);4-7,13H,2-3,8H2,1H3,(H,24,25)(H,27,30)(H,26,28,29);4-8,13H,2-3,9H2,1H3,(H,24,25)(H,26,29)(H,23,27,28);9*1H/t2*15-;2*13-;;;;;;;;;/m1111........./s1. The molecule has 10 N–H and O–H groups in total. The number of H-pyrrole nitrogens is 4. The predicted molar refractivity (Wildman–Crippen MR) is 464 cm³/mol. The van der Waals surface area contributed by atoms with E-state index in [9.17, 15) is 90.2 Å². The van der Waals surface area contributed by atoms with Crippen LogP contribution in [0.5, 0.6) is 0 Å². The van der Waals surface area contributed by atoms with Crippen molar-refractivity contribution < 1.29 is 103 Å². The van der Waals surface area contributed by atoms with Crippen LogP contribution in [0, 0.1) is 34.3 Å². The van der Waals surface area contributed by atoms with Crippen molar-refractivity contribution in [1.29, 1.82) is 10.5 Å². The Morgan fingerprint density at radius 2 is 0.823 bits per heavy atom. The largest absolute Gasteiger partial charge is 0.405 e. The Morgan fingerprint density at radius 3 is 1.23 bits per heavy atom. The Bertz CT molecular complexity index is 6230. The minimum absolute atomic E-state index is 0. The molecule has 0 bridgehead atoms. The number of anilines is 4. The van der Waals surface area contributed by atoms with Crippen molar-refractivity contribution in [2.45, 2.75) is 101 Å². The Morgan fingerprint density at radius 1 is 0.462 bits per heavy atom. The maximum atomic E-state index is 14.9. The molecular weight excluding hydrogens is 1830 g/mol. The molecule has 0 unspecified atom stereocenters. The molecular formula is C78H88Cl4F14N28O6. The number of carbonyl (C=O) groups excluding carboxylic acids is 6. The maximum absolute atomic E-state index is 14.9. The molecule has 2 saturated heterocycles. The molecule has 0 spiro atoms. The van der Waals surface area contributed by atoms with Gasteiger partial charge in [0.2, 0.25) is 35.4 Å². The summed E-state index contributed by atoms with van der Waals surface area (Å²) in [7, 11) is 0. The van der Waals surface area contributed by atoms with Crippen LogP contribution in [-0.2, 0) is 28.8 Å². The number of alkyl halides is 12. The molecule has 2 fully saturated rings. The first-order chi connectivity index (χ1) is 61.7. The fourth-order valence-electron chi connectivity index (χ4n) is 13.2. The van der Waals surface area contributed by atoms with Gasteiger partial charge in [-0.1, -0.05) is 73.1 Å². The van der Waals surface area contributed by atoms with Gasteiger partial charge in [-0.15, -0.1) is 0 Å². The lowest BCUT2D eigenvalue weighted by Crippen LogP contribution is -2.61. The van der Waals surface area contributed by atoms with Crippen LogP contribution in [0.2, 0.25) is 20.1 Å². The van der Waals surface area contributed by atoms with Gasteiger partial charge in [-0.25, -0.2) is 68.6 Å². The fraction of sp³-hybridized carbons (Fsp3) is 0.333. The van der Waals surface area contributed by atoms with Crippen LogP contribution in [0.1, 0.15) is 65.2 Å². The highest BCUT2D eigenvalue weighted by molar-refractivity contribution is 6.32. The molecule has 12 aromatic heterocycles. The summed E-state index contributed by atoms with van der Waals surface area (Å²) in [6, 6.07) is 8.66. The lowest BCUT2D eigenvalue weighted by Gasteiger charge is -2.41. The molecule has 0 aliphatic carbocycles. The van der Waals surface area contributed by atoms with E-state index in [1.165, 1.54) is 69.0 Å². The molecule has 2 aliphatic rings. The van der Waals surface area contributed by atoms with Gasteiger partial charge in [0, 0.05) is 145 Å². The molecule has 0 aromatic carbocycles. The first-order valence-electron chi connectivity index (χ1n) is 38.6. The Hall–Kier alpha value is -13.7. The first kappa shape index (κ1) is 96.9. The van der Waals surface area contributed by atoms with Crippen LogP contribution < -0.4 is 41.7 Å². The van der Waals surface area contributed by atoms with Gasteiger partial charge in [-0.3, -0.25) is 28.8 Å². The van der Waals surface area contributed by atoms with Crippen molar-refractivity contribution in [3.63, 3.8) is 0 Å². The molecule has 702 valence electrons. The van der Waals surface area contributed by atoms with Gasteiger partial charge in [0.15, 0.2) is 46.6 Å². The second-order valence-corrected chi connectivity index (χ2v) is 30.1. The first-order valence-corrected chi connectivity index (χ1v) is 40.2. The van der Waals surface area contributed by atoms with Crippen molar-refractivity contribution in [3.8, 4) is 57.7 Å². The Kier molecular flexibility index (Phi) is 31.6. The normalized spacial score (nSPS) is 14.6. The van der Waals surface area contributed by atoms with Crippen LogP contribution in [0.25, 0.3) is 89.7 Å². The van der Waals surface area contributed by atoms with E-state index in [4.69, 9.17) is 56.9 Å². The van der Waals surface area contributed by atoms with E-state index in [0.717, 1.165) is 17.8 Å². The van der Waals surface area contributed by atoms with Crippen LogP contribution >= 0.6 is 46.4 Å². The monoisotopic (exact) mass is 1920 g/mol. The Labute approximate surface area is 757 Å². The van der Waals surface area contributed by atoms with Crippen LogP contribution in [-0.4, -0.2) is 239 Å². The molecule has 0 saturated carbocycles. The summed E-state index contributed by atoms with van der Waals surface area (Å²) in [5.41, 5.74) is 4.35. The van der Waals surface area contributed by atoms with Gasteiger partial charge in [0.25, 0.3) is 0 Å². The second-order valence-electron chi connectivity index (χ2n) is 28.3. The van der Waals surface area contributed by atoms with Gasteiger partial charge in [-0.05, 0) is 49.2 Å². The van der Waals surface area contributed by atoms with Gasteiger partial charge in [-0.2, -0.15) is 63.2 Å². The number of rotatable bonds is 24. The fourth-order valence-corrected chi connectivity index (χ4v) is 13.8. The van der Waals surface area contributed by atoms with E-state index < -0.39 is 135 Å². The highest BCUT2D eigenvalue weighted by Gasteiger charge is 2.41. The van der Waals surface area contributed by atoms with Crippen LogP contribution in [0.3, 0.4) is 0 Å². The predicted octanol–water partition coefficient (Wildman–Crippen LogP) is 14.9. The summed E-state index contributed by atoms with van der Waals surface area (Å²) < 4.78 is 180. The summed E-state index contributed by atoms with van der Waals surface area (Å²) in [4.78, 5) is 142. The van der Waals surface area contributed by atoms with Crippen molar-refractivity contribution in [2.75, 3.05) is 85.9 Å². The number of aromatic nitrogens is 16. The van der Waals surface area contributed by atoms with Gasteiger partial charge in [0.05, 0.1) is 57.7 Å². The lowest BCUT2D eigenvalue weighted by atomic mass is 10.1. The summed E-state index contributed by atoms with van der Waals surface area (Å²) in [6.07, 6.45) is -0.485. The van der Waals surface area contributed by atoms with Gasteiger partial charge >= 0.3 is 24.7 Å². The molecule has 14 rings (SSSR count). The topological polar surface area (TPSA) is 453 Å². The van der Waals surface area contributed by atoms with Gasteiger partial charge < -0.3 is 71.4 Å². The van der Waals surface area contributed by atoms with Gasteiger partial charge in [0.1, 0.15) is 97.4 Å². The SMILES string of the molecule is CCC[C@@H](Nc1ccnc(-c2c[nH]c3ncc(Cl)cc23)n1)C(=O)NCC(F)(F)F.CCC[C@@H](Nc1nc(-c2c[nH]c3ncc(Cl)cc23)ncc1F)C(=O)NCC(F)(F)F.N#CCC(=O)N1CCN(c2ccnc(-c3c[nH]c4ncc(Cl)cc34)n2)[C@@H](C(=O)NCC(F)(F)F)C1.N#CCC(=O)N1CCN(c2nc(-c3c[nH]c4ncc(Cl)cc34)ncc2F)[C@@H](C(=O)NCC(F)(F)F)C1.[HH].[HH].[HH].[HH].[HH].[HH].[HH].[HH].[HH]. The number of nitrogens with one attached hydrogen (secondary N) is 10. The zero-order chi connectivity index (χ0) is 94.1. The third-order valence-electron chi connectivity index (χ3n) is 19.1. The third-order valence-corrected chi connectivity index (χ3v) is 19.9. The molecule has 0 radical (unpaired) electrons. The molecule has 130 heavy (non-hydrogen) atoms. The number of nitrogens with zero attached hydrogens (tertiary/aromatic N) is 18. The Balaban J connectivity index is 0.000000616. The van der Waals surface area contributed by atoms with E-state index in [1.807, 2.05) is 17.6 Å². The number of fused-ring (bicyclic) bond motifs is 4. The average Bonchev–Trinajstić information content (AvgIpc) is 1.75. The van der Waals surface area contributed by atoms with E-state index in [2.05, 4.69) is 90.4 Å². The minimum atomic E-state index is -4.68. The van der Waals surface area contributed by atoms with Crippen molar-refractivity contribution in [1.82, 2.24) is 111 Å². The summed E-state index contributed by atoms with van der Waals surface area (Å²) in [5.74, 6) is -5.71. The summed E-state index contributed by atoms with van der Waals surface area (Å²) in [5, 5.41) is 34.6. The van der Waals surface area contributed by atoms with E-state index >= 15 is 0 Å². The maximum Gasteiger partial charge on any atom is 0.405 e. The molecule has 12 aromatic rings. The number of nitriles is 2. The van der Waals surface area contributed by atoms with Crippen LogP contribution in [0.15, 0.2) is 111 Å². The summed E-state index contributed by atoms with van der Waals surface area (Å²) in [6.45, 7) is -2.83. The van der Waals surface area contributed by atoms with Crippen molar-refractivity contribution >= 4 is 149 Å². The quantitative estimate of drug-likeness (QED) is 0.0251. The van der Waals surface area contributed by atoms with Crippen molar-refractivity contribution in [3.05, 3.63) is 142 Å². The zero-order valence-corrected chi connectivity index (χ0v) is 70.3. The smallest absolute Gasteiger partial charge is 0.358 e. The highest BCUT2D eigenvalue weighted by atomic mass is 35.5. The van der Waals surface area contributed by atoms with Crippen LogP contribution in [0.4, 0.5) is 84.7 Å². The number of amides is 6. The van der Waals surface area contributed by atoms with Crippen molar-refractivity contribution in [2.24, 2.45) is 0 Å². The number of pyridine rings is 4. The number of hydrogen-bond donors (Lipinski definition) is 10. The molecule has 6 amide bonds. The summed E-state index contributed by atoms with van der Waals surface area (Å²) >= 11 is 24.1. The van der Waals surface area contributed by atoms with E-state index in [0.29, 0.717) is 118 Å². The highest BCUT2D eigenvalue weighted by Crippen LogP contribution is 2.36. The number of halogens is 18. The molecule has 52 heteroatoms. The lowest BCUT2D eigenvalue weighted by molar-refractivity contribution is -0.141. The average molecular weight is 1920 g/mol. The zero-order valence-electron chi connectivity index (χ0n) is 67.3. The number of carbonyl (C=O) groups is 6. The number of hydrogen-bond acceptors (Lipinski definition) is 24. The molecule has 2 aliphatic heterocycles. The number of aromatic amines is 4. The van der Waals surface area contributed by atoms with E-state index in [-0.39, 0.29) is 87.6 Å². The molecule has 34 nitrogen and oxygen atoms in total. The number of piperazine rings is 2.